The molecule has 8 heteroatoms. The number of benzene rings is 1. The third-order valence-corrected chi connectivity index (χ3v) is 4.07. The van der Waals surface area contributed by atoms with Gasteiger partial charge in [0.25, 0.3) is 11.6 Å². The maximum Gasteiger partial charge on any atom is 0.338 e. The molecule has 24 heavy (non-hydrogen) atoms. The van der Waals surface area contributed by atoms with E-state index in [1.807, 2.05) is 17.5 Å². The van der Waals surface area contributed by atoms with Crippen LogP contribution >= 0.6 is 11.3 Å². The lowest BCUT2D eigenvalue weighted by atomic mass is 10.1. The van der Waals surface area contributed by atoms with Crippen molar-refractivity contribution in [1.82, 2.24) is 4.90 Å². The van der Waals surface area contributed by atoms with Crippen molar-refractivity contribution < 1.29 is 19.2 Å². The van der Waals surface area contributed by atoms with Crippen LogP contribution < -0.4 is 0 Å². The summed E-state index contributed by atoms with van der Waals surface area (Å²) in [4.78, 5) is 37.2. The van der Waals surface area contributed by atoms with E-state index in [0.717, 1.165) is 17.0 Å². The molecule has 0 aliphatic rings. The first-order valence-corrected chi connectivity index (χ1v) is 8.04. The van der Waals surface area contributed by atoms with E-state index in [0.29, 0.717) is 6.54 Å². The first-order valence-electron chi connectivity index (χ1n) is 7.16. The molecule has 1 aromatic heterocycles. The first-order chi connectivity index (χ1) is 11.4. The van der Waals surface area contributed by atoms with Crippen molar-refractivity contribution in [3.8, 4) is 0 Å². The molecule has 2 rings (SSSR count). The van der Waals surface area contributed by atoms with Gasteiger partial charge in [-0.2, -0.15) is 0 Å². The Bertz CT molecular complexity index is 758. The van der Waals surface area contributed by atoms with Crippen molar-refractivity contribution in [3.63, 3.8) is 0 Å². The Kier molecular flexibility index (Phi) is 5.64. The second kappa shape index (κ2) is 7.69. The van der Waals surface area contributed by atoms with Gasteiger partial charge in [-0.3, -0.25) is 14.9 Å². The van der Waals surface area contributed by atoms with Gasteiger partial charge in [-0.15, -0.1) is 11.3 Å². The predicted octanol–water partition coefficient (Wildman–Crippen LogP) is 3.11. The van der Waals surface area contributed by atoms with E-state index in [9.17, 15) is 19.7 Å². The number of hydrogen-bond donors (Lipinski definition) is 0. The second-order valence-electron chi connectivity index (χ2n) is 4.99. The number of thiophene rings is 1. The summed E-state index contributed by atoms with van der Waals surface area (Å²) in [5.41, 5.74) is -0.265. The zero-order chi connectivity index (χ0) is 17.7. The molecule has 0 N–H and O–H groups in total. The molecule has 0 radical (unpaired) electrons. The number of rotatable bonds is 6. The van der Waals surface area contributed by atoms with Gasteiger partial charge in [0.2, 0.25) is 0 Å². The first kappa shape index (κ1) is 17.6. The highest BCUT2D eigenvalue weighted by Crippen LogP contribution is 2.20. The maximum atomic E-state index is 12.5. The van der Waals surface area contributed by atoms with Gasteiger partial charge in [0.05, 0.1) is 23.6 Å². The highest BCUT2D eigenvalue weighted by Gasteiger charge is 2.20. The lowest BCUT2D eigenvalue weighted by molar-refractivity contribution is -0.384. The number of amides is 1. The van der Waals surface area contributed by atoms with Crippen molar-refractivity contribution in [2.24, 2.45) is 0 Å². The van der Waals surface area contributed by atoms with E-state index in [1.165, 1.54) is 22.3 Å². The highest BCUT2D eigenvalue weighted by molar-refractivity contribution is 7.09. The Balaban J connectivity index is 2.31. The summed E-state index contributed by atoms with van der Waals surface area (Å²) in [7, 11) is 1.60. The van der Waals surface area contributed by atoms with Crippen molar-refractivity contribution in [2.75, 3.05) is 13.7 Å². The second-order valence-corrected chi connectivity index (χ2v) is 6.02. The van der Waals surface area contributed by atoms with Gasteiger partial charge < -0.3 is 9.64 Å². The third kappa shape index (κ3) is 4.17. The maximum absolute atomic E-state index is 12.5. The predicted molar refractivity (Wildman–Crippen MR) is 89.2 cm³/mol. The summed E-state index contributed by atoms with van der Waals surface area (Å²) in [5.74, 6) is -1.10. The number of ether oxygens (including phenoxy) is 1. The van der Waals surface area contributed by atoms with Gasteiger partial charge in [-0.25, -0.2) is 4.79 Å². The van der Waals surface area contributed by atoms with Gasteiger partial charge in [0.1, 0.15) is 0 Å². The summed E-state index contributed by atoms with van der Waals surface area (Å²) in [6.07, 6.45) is 0. The lowest BCUT2D eigenvalue weighted by Crippen LogP contribution is -2.26. The molecule has 0 saturated carbocycles. The molecule has 0 spiro atoms. The van der Waals surface area contributed by atoms with Crippen LogP contribution in [0.3, 0.4) is 0 Å². The third-order valence-electron chi connectivity index (χ3n) is 3.21. The number of carbonyl (C=O) groups is 2. The minimum Gasteiger partial charge on any atom is -0.462 e. The Labute approximate surface area is 142 Å². The van der Waals surface area contributed by atoms with Crippen LogP contribution in [0.4, 0.5) is 5.69 Å². The van der Waals surface area contributed by atoms with Crippen LogP contribution in [0.15, 0.2) is 35.7 Å². The molecule has 0 saturated heterocycles. The lowest BCUT2D eigenvalue weighted by Gasteiger charge is -2.16. The van der Waals surface area contributed by atoms with Crippen LogP contribution in [0, 0.1) is 10.1 Å². The number of nitro benzene ring substituents is 1. The van der Waals surface area contributed by atoms with E-state index in [4.69, 9.17) is 4.74 Å². The SMILES string of the molecule is CCOC(=O)c1cc(C(=O)N(C)Cc2cccs2)cc([N+](=O)[O-])c1. The number of nitro groups is 1. The summed E-state index contributed by atoms with van der Waals surface area (Å²) in [6.45, 7) is 2.16. The fourth-order valence-electron chi connectivity index (χ4n) is 2.10. The molecule has 2 aromatic rings. The quantitative estimate of drug-likeness (QED) is 0.454. The van der Waals surface area contributed by atoms with E-state index in [2.05, 4.69) is 0 Å². The Hall–Kier alpha value is -2.74. The van der Waals surface area contributed by atoms with Crippen molar-refractivity contribution in [2.45, 2.75) is 13.5 Å². The monoisotopic (exact) mass is 348 g/mol. The number of nitrogens with zero attached hydrogens (tertiary/aromatic N) is 2. The number of esters is 1. The fraction of sp³-hybridized carbons (Fsp3) is 0.250. The van der Waals surface area contributed by atoms with Gasteiger partial charge in [0, 0.05) is 29.6 Å². The number of carbonyl (C=O) groups excluding carboxylic acids is 2. The fourth-order valence-corrected chi connectivity index (χ4v) is 2.86. The van der Waals surface area contributed by atoms with E-state index in [1.54, 1.807) is 14.0 Å². The van der Waals surface area contributed by atoms with Crippen molar-refractivity contribution in [3.05, 3.63) is 61.8 Å². The van der Waals surface area contributed by atoms with Crippen LogP contribution in [0.25, 0.3) is 0 Å². The van der Waals surface area contributed by atoms with Gasteiger partial charge in [-0.1, -0.05) is 6.07 Å². The standard InChI is InChI=1S/C16H16N2O5S/c1-3-23-16(20)12-7-11(8-13(9-12)18(21)22)15(19)17(2)10-14-5-4-6-24-14/h4-9H,3,10H2,1-2H3. The Morgan fingerprint density at radius 1 is 1.29 bits per heavy atom. The van der Waals surface area contributed by atoms with Crippen LogP contribution in [0.2, 0.25) is 0 Å². The molecule has 1 heterocycles. The van der Waals surface area contributed by atoms with Crippen molar-refractivity contribution >= 4 is 28.9 Å². The van der Waals surface area contributed by atoms with Gasteiger partial charge in [-0.05, 0) is 24.4 Å². The minimum absolute atomic E-state index is 0.0149. The topological polar surface area (TPSA) is 89.8 Å². The molecule has 126 valence electrons. The number of non-ortho nitro benzene ring substituents is 1. The summed E-state index contributed by atoms with van der Waals surface area (Å²) in [6, 6.07) is 7.36. The van der Waals surface area contributed by atoms with Crippen LogP contribution in [-0.2, 0) is 11.3 Å². The van der Waals surface area contributed by atoms with Crippen molar-refractivity contribution in [1.29, 1.82) is 0 Å². The van der Waals surface area contributed by atoms with Gasteiger partial charge in [0.15, 0.2) is 0 Å². The largest absolute Gasteiger partial charge is 0.462 e. The molecule has 0 aliphatic heterocycles. The molecule has 7 nitrogen and oxygen atoms in total. The molecular formula is C16H16N2O5S. The average Bonchev–Trinajstić information content (AvgIpc) is 3.06. The Morgan fingerprint density at radius 3 is 2.58 bits per heavy atom. The van der Waals surface area contributed by atoms with E-state index < -0.39 is 16.8 Å². The molecule has 0 atom stereocenters. The highest BCUT2D eigenvalue weighted by atomic mass is 32.1. The average molecular weight is 348 g/mol. The zero-order valence-electron chi connectivity index (χ0n) is 13.2. The number of hydrogen-bond acceptors (Lipinski definition) is 6. The smallest absolute Gasteiger partial charge is 0.338 e. The summed E-state index contributed by atoms with van der Waals surface area (Å²) < 4.78 is 4.86. The normalized spacial score (nSPS) is 10.2. The molecule has 0 aliphatic carbocycles. The van der Waals surface area contributed by atoms with E-state index in [-0.39, 0.29) is 23.4 Å². The van der Waals surface area contributed by atoms with Crippen LogP contribution in [-0.4, -0.2) is 35.4 Å². The summed E-state index contributed by atoms with van der Waals surface area (Å²) >= 11 is 1.51. The molecule has 0 fully saturated rings. The van der Waals surface area contributed by atoms with Crippen LogP contribution in [0.1, 0.15) is 32.5 Å². The summed E-state index contributed by atoms with van der Waals surface area (Å²) in [5, 5.41) is 13.0. The molecule has 1 amide bonds. The molecule has 0 unspecified atom stereocenters. The minimum atomic E-state index is -0.698. The van der Waals surface area contributed by atoms with Crippen LogP contribution in [0.5, 0.6) is 0 Å². The Morgan fingerprint density at radius 2 is 2.00 bits per heavy atom. The zero-order valence-corrected chi connectivity index (χ0v) is 14.0. The van der Waals surface area contributed by atoms with Gasteiger partial charge >= 0.3 is 5.97 Å². The molecular weight excluding hydrogens is 332 g/mol. The van der Waals surface area contributed by atoms with E-state index >= 15 is 0 Å². The molecule has 1 aromatic carbocycles. The molecule has 0 bridgehead atoms.